The van der Waals surface area contributed by atoms with Crippen LogP contribution in [0.25, 0.3) is 0 Å². The predicted octanol–water partition coefficient (Wildman–Crippen LogP) is 2.42. The molecule has 2 aliphatic heterocycles. The largest absolute Gasteiger partial charge is 0.452 e. The molecule has 176 valence electrons. The lowest BCUT2D eigenvalue weighted by Gasteiger charge is -2.15. The molecule has 2 aromatic carbocycles. The summed E-state index contributed by atoms with van der Waals surface area (Å²) in [7, 11) is 1.39. The number of ether oxygens (including phenoxy) is 1. The van der Waals surface area contributed by atoms with Crippen molar-refractivity contribution in [1.82, 2.24) is 9.80 Å². The second-order valence-corrected chi connectivity index (χ2v) is 8.94. The van der Waals surface area contributed by atoms with Gasteiger partial charge in [0.05, 0.1) is 22.4 Å². The van der Waals surface area contributed by atoms with E-state index in [0.717, 1.165) is 30.8 Å². The molecule has 0 spiro atoms. The van der Waals surface area contributed by atoms with Crippen molar-refractivity contribution in [1.29, 1.82) is 0 Å². The molecule has 0 radical (unpaired) electrons. The summed E-state index contributed by atoms with van der Waals surface area (Å²) in [5.41, 5.74) is 1.07. The Kier molecular flexibility index (Phi) is 6.97. The van der Waals surface area contributed by atoms with Gasteiger partial charge in [-0.3, -0.25) is 24.1 Å². The van der Waals surface area contributed by atoms with Crippen LogP contribution in [0, 0.1) is 0 Å². The first-order valence-electron chi connectivity index (χ1n) is 10.8. The number of rotatable bonds is 7. The van der Waals surface area contributed by atoms with Crippen LogP contribution >= 0.6 is 11.8 Å². The Morgan fingerprint density at radius 3 is 2.47 bits per heavy atom. The molecule has 4 rings (SSSR count). The minimum Gasteiger partial charge on any atom is -0.452 e. The van der Waals surface area contributed by atoms with Crippen LogP contribution in [0.4, 0.5) is 5.69 Å². The summed E-state index contributed by atoms with van der Waals surface area (Å²) >= 11 is 1.26. The molecular formula is C24H23N3O6S. The summed E-state index contributed by atoms with van der Waals surface area (Å²) in [6, 6.07) is 11.2. The van der Waals surface area contributed by atoms with Crippen LogP contribution in [0.1, 0.15) is 43.9 Å². The number of imide groups is 1. The number of nitrogens with one attached hydrogen (secondary N) is 1. The molecule has 0 bridgehead atoms. The third kappa shape index (κ3) is 4.96. The van der Waals surface area contributed by atoms with Gasteiger partial charge in [-0.25, -0.2) is 4.79 Å². The number of benzene rings is 2. The van der Waals surface area contributed by atoms with Crippen molar-refractivity contribution in [3.05, 3.63) is 59.2 Å². The number of hydrogen-bond acceptors (Lipinski definition) is 7. The van der Waals surface area contributed by atoms with Crippen LogP contribution in [0.15, 0.2) is 47.4 Å². The summed E-state index contributed by atoms with van der Waals surface area (Å²) in [6.45, 7) is 1.00. The lowest BCUT2D eigenvalue weighted by atomic mass is 10.1. The molecule has 1 fully saturated rings. The maximum absolute atomic E-state index is 12.6. The molecule has 2 aromatic rings. The summed E-state index contributed by atoms with van der Waals surface area (Å²) in [5.74, 6) is -1.86. The van der Waals surface area contributed by atoms with Gasteiger partial charge in [0.2, 0.25) is 5.91 Å². The Morgan fingerprint density at radius 2 is 1.71 bits per heavy atom. The van der Waals surface area contributed by atoms with Crippen molar-refractivity contribution in [2.75, 3.05) is 37.8 Å². The zero-order chi connectivity index (χ0) is 24.2. The second-order valence-electron chi connectivity index (χ2n) is 7.93. The Morgan fingerprint density at radius 1 is 1.00 bits per heavy atom. The molecule has 1 N–H and O–H groups in total. The van der Waals surface area contributed by atoms with Crippen LogP contribution in [-0.2, 0) is 14.3 Å². The van der Waals surface area contributed by atoms with Gasteiger partial charge < -0.3 is 15.0 Å². The van der Waals surface area contributed by atoms with Crippen molar-refractivity contribution in [2.45, 2.75) is 17.7 Å². The topological polar surface area (TPSA) is 113 Å². The molecule has 2 heterocycles. The maximum Gasteiger partial charge on any atom is 0.339 e. The molecule has 9 nitrogen and oxygen atoms in total. The Balaban J connectivity index is 1.33. The molecule has 1 saturated heterocycles. The summed E-state index contributed by atoms with van der Waals surface area (Å²) in [6.07, 6.45) is 2.02. The summed E-state index contributed by atoms with van der Waals surface area (Å²) in [4.78, 5) is 64.7. The fourth-order valence-corrected chi connectivity index (χ4v) is 4.75. The molecule has 0 atom stereocenters. The van der Waals surface area contributed by atoms with Crippen molar-refractivity contribution >= 4 is 47.0 Å². The molecule has 10 heteroatoms. The average molecular weight is 482 g/mol. The van der Waals surface area contributed by atoms with Gasteiger partial charge in [0.15, 0.2) is 6.61 Å². The van der Waals surface area contributed by atoms with Crippen molar-refractivity contribution in [3.63, 3.8) is 0 Å². The molecule has 0 aliphatic carbocycles. The normalized spacial score (nSPS) is 14.9. The van der Waals surface area contributed by atoms with Crippen LogP contribution in [0.3, 0.4) is 0 Å². The first-order chi connectivity index (χ1) is 16.3. The monoisotopic (exact) mass is 481 g/mol. The number of thioether (sulfide) groups is 1. The van der Waals surface area contributed by atoms with Crippen molar-refractivity contribution in [3.8, 4) is 0 Å². The number of nitrogens with zero attached hydrogens (tertiary/aromatic N) is 2. The smallest absolute Gasteiger partial charge is 0.339 e. The third-order valence-electron chi connectivity index (χ3n) is 5.62. The Hall–Kier alpha value is -3.66. The van der Waals surface area contributed by atoms with E-state index in [0.29, 0.717) is 10.6 Å². The molecule has 0 saturated carbocycles. The summed E-state index contributed by atoms with van der Waals surface area (Å²) < 4.78 is 5.17. The van der Waals surface area contributed by atoms with Gasteiger partial charge in [-0.1, -0.05) is 12.1 Å². The van der Waals surface area contributed by atoms with Crippen LogP contribution in [-0.4, -0.2) is 71.9 Å². The number of amides is 4. The lowest BCUT2D eigenvalue weighted by molar-refractivity contribution is -0.127. The highest BCUT2D eigenvalue weighted by atomic mass is 32.2. The number of carbonyl (C=O) groups is 5. The van der Waals surface area contributed by atoms with Crippen LogP contribution < -0.4 is 5.32 Å². The minimum atomic E-state index is -0.678. The molecular weight excluding hydrogens is 458 g/mol. The van der Waals surface area contributed by atoms with E-state index in [1.54, 1.807) is 24.3 Å². The van der Waals surface area contributed by atoms with E-state index in [1.807, 2.05) is 4.90 Å². The van der Waals surface area contributed by atoms with E-state index >= 15 is 0 Å². The predicted molar refractivity (Wildman–Crippen MR) is 125 cm³/mol. The number of likely N-dealkylation sites (tertiary alicyclic amines) is 1. The van der Waals surface area contributed by atoms with Gasteiger partial charge >= 0.3 is 5.97 Å². The second kappa shape index (κ2) is 10.1. The standard InChI is InChI=1S/C24H23N3O6S/c1-26-22(30)16-9-8-15(12-18(16)23(26)31)25-20(28)13-33-24(32)17-6-2-3-7-19(17)34-14-21(29)27-10-4-5-11-27/h2-3,6-9,12H,4-5,10-11,13-14H2,1H3,(H,25,28). The fourth-order valence-electron chi connectivity index (χ4n) is 3.80. The first-order valence-corrected chi connectivity index (χ1v) is 11.8. The van der Waals surface area contributed by atoms with Crippen molar-refractivity contribution in [2.24, 2.45) is 0 Å². The number of fused-ring (bicyclic) bond motifs is 1. The minimum absolute atomic E-state index is 0.0331. The Labute approximate surface area is 200 Å². The number of hydrogen-bond donors (Lipinski definition) is 1. The highest BCUT2D eigenvalue weighted by molar-refractivity contribution is 8.00. The van der Waals surface area contributed by atoms with E-state index < -0.39 is 30.3 Å². The maximum atomic E-state index is 12.6. The fraction of sp³-hybridized carbons (Fsp3) is 0.292. The average Bonchev–Trinajstić information content (AvgIpc) is 3.46. The third-order valence-corrected chi connectivity index (χ3v) is 6.68. The molecule has 0 aromatic heterocycles. The van der Waals surface area contributed by atoms with E-state index in [1.165, 1.54) is 37.0 Å². The van der Waals surface area contributed by atoms with E-state index in [4.69, 9.17) is 4.74 Å². The van der Waals surface area contributed by atoms with E-state index in [-0.39, 0.29) is 28.4 Å². The SMILES string of the molecule is CN1C(=O)c2ccc(NC(=O)COC(=O)c3ccccc3SCC(=O)N3CCCC3)cc2C1=O. The van der Waals surface area contributed by atoms with Crippen LogP contribution in [0.5, 0.6) is 0 Å². The number of esters is 1. The van der Waals surface area contributed by atoms with Gasteiger partial charge in [-0.2, -0.15) is 0 Å². The molecule has 34 heavy (non-hydrogen) atoms. The Bertz CT molecular complexity index is 1180. The molecule has 2 aliphatic rings. The quantitative estimate of drug-likeness (QED) is 0.367. The zero-order valence-electron chi connectivity index (χ0n) is 18.5. The van der Waals surface area contributed by atoms with Gasteiger partial charge in [0.25, 0.3) is 17.7 Å². The van der Waals surface area contributed by atoms with Gasteiger partial charge in [-0.15, -0.1) is 11.8 Å². The highest BCUT2D eigenvalue weighted by Crippen LogP contribution is 2.26. The van der Waals surface area contributed by atoms with Gasteiger partial charge in [0.1, 0.15) is 0 Å². The van der Waals surface area contributed by atoms with Gasteiger partial charge in [-0.05, 0) is 43.2 Å². The van der Waals surface area contributed by atoms with Crippen molar-refractivity contribution < 1.29 is 28.7 Å². The lowest BCUT2D eigenvalue weighted by Crippen LogP contribution is -2.29. The highest BCUT2D eigenvalue weighted by Gasteiger charge is 2.32. The zero-order valence-corrected chi connectivity index (χ0v) is 19.4. The molecule has 0 unspecified atom stereocenters. The van der Waals surface area contributed by atoms with E-state index in [2.05, 4.69) is 5.32 Å². The van der Waals surface area contributed by atoms with Gasteiger partial charge in [0, 0.05) is 30.7 Å². The first kappa shape index (κ1) is 23.5. The van der Waals surface area contributed by atoms with E-state index in [9.17, 15) is 24.0 Å². The summed E-state index contributed by atoms with van der Waals surface area (Å²) in [5, 5.41) is 2.56. The number of anilines is 1. The van der Waals surface area contributed by atoms with Crippen LogP contribution in [0.2, 0.25) is 0 Å². The molecule has 4 amide bonds. The number of carbonyl (C=O) groups excluding carboxylic acids is 5.